The van der Waals surface area contributed by atoms with E-state index in [2.05, 4.69) is 5.32 Å². The molecule has 1 heterocycles. The van der Waals surface area contributed by atoms with Crippen molar-refractivity contribution in [3.63, 3.8) is 0 Å². The minimum absolute atomic E-state index is 0.0518. The van der Waals surface area contributed by atoms with Gasteiger partial charge in [0.1, 0.15) is 0 Å². The van der Waals surface area contributed by atoms with Gasteiger partial charge in [-0.1, -0.05) is 26.7 Å². The van der Waals surface area contributed by atoms with Gasteiger partial charge in [-0.25, -0.2) is 0 Å². The van der Waals surface area contributed by atoms with Crippen LogP contribution in [0.3, 0.4) is 0 Å². The molecule has 2 amide bonds. The van der Waals surface area contributed by atoms with Gasteiger partial charge in [0.2, 0.25) is 11.8 Å². The summed E-state index contributed by atoms with van der Waals surface area (Å²) in [4.78, 5) is 26.3. The van der Waals surface area contributed by atoms with Crippen molar-refractivity contribution in [1.29, 1.82) is 0 Å². The van der Waals surface area contributed by atoms with Crippen LogP contribution in [0.4, 0.5) is 0 Å². The number of fused-ring (bicyclic) bond motifs is 1. The molecule has 1 saturated heterocycles. The second kappa shape index (κ2) is 7.25. The first kappa shape index (κ1) is 16.3. The summed E-state index contributed by atoms with van der Waals surface area (Å²) >= 11 is 0. The summed E-state index contributed by atoms with van der Waals surface area (Å²) in [6.07, 6.45) is 7.22. The zero-order chi connectivity index (χ0) is 15.4. The van der Waals surface area contributed by atoms with Crippen LogP contribution in [0.2, 0.25) is 0 Å². The second-order valence-corrected chi connectivity index (χ2v) is 6.83. The Morgan fingerprint density at radius 3 is 2.57 bits per heavy atom. The normalized spacial score (nSPS) is 27.1. The number of nitrogens with two attached hydrogens (primary N) is 1. The van der Waals surface area contributed by atoms with Crippen LogP contribution >= 0.6 is 0 Å². The molecule has 0 aromatic carbocycles. The molecule has 21 heavy (non-hydrogen) atoms. The Balaban J connectivity index is 1.86. The average Bonchev–Trinajstić information content (AvgIpc) is 2.50. The fourth-order valence-electron chi connectivity index (χ4n) is 3.62. The molecule has 3 N–H and O–H groups in total. The van der Waals surface area contributed by atoms with Crippen molar-refractivity contribution >= 4 is 11.8 Å². The third kappa shape index (κ3) is 3.96. The van der Waals surface area contributed by atoms with Gasteiger partial charge < -0.3 is 16.0 Å². The van der Waals surface area contributed by atoms with Gasteiger partial charge in [0.05, 0.1) is 12.6 Å². The number of piperidine rings is 1. The zero-order valence-electron chi connectivity index (χ0n) is 13.3. The molecular formula is C16H29N3O2. The van der Waals surface area contributed by atoms with E-state index in [0.29, 0.717) is 12.0 Å². The van der Waals surface area contributed by atoms with Crippen molar-refractivity contribution in [3.8, 4) is 0 Å². The van der Waals surface area contributed by atoms with Crippen LogP contribution in [0.5, 0.6) is 0 Å². The van der Waals surface area contributed by atoms with Crippen LogP contribution in [0.1, 0.15) is 52.4 Å². The Hall–Kier alpha value is -1.10. The SMILES string of the molecule is CC(C)[C@H](N)C(=O)NCC(=O)N1CCCC2CCCCC21. The number of hydrogen-bond donors (Lipinski definition) is 2. The Labute approximate surface area is 127 Å². The van der Waals surface area contributed by atoms with Crippen LogP contribution in [0, 0.1) is 11.8 Å². The predicted molar refractivity (Wildman–Crippen MR) is 82.5 cm³/mol. The van der Waals surface area contributed by atoms with Gasteiger partial charge in [0, 0.05) is 12.6 Å². The molecular weight excluding hydrogens is 266 g/mol. The zero-order valence-corrected chi connectivity index (χ0v) is 13.3. The van der Waals surface area contributed by atoms with E-state index in [0.717, 1.165) is 19.4 Å². The van der Waals surface area contributed by atoms with Gasteiger partial charge in [0.25, 0.3) is 0 Å². The fourth-order valence-corrected chi connectivity index (χ4v) is 3.62. The molecule has 1 aliphatic carbocycles. The highest BCUT2D eigenvalue weighted by Crippen LogP contribution is 2.35. The molecule has 2 fully saturated rings. The Morgan fingerprint density at radius 2 is 1.86 bits per heavy atom. The minimum atomic E-state index is -0.540. The van der Waals surface area contributed by atoms with E-state index in [4.69, 9.17) is 5.73 Å². The maximum Gasteiger partial charge on any atom is 0.242 e. The highest BCUT2D eigenvalue weighted by molar-refractivity contribution is 5.87. The van der Waals surface area contributed by atoms with Crippen LogP contribution < -0.4 is 11.1 Å². The number of carbonyl (C=O) groups excluding carboxylic acids is 2. The Morgan fingerprint density at radius 1 is 1.19 bits per heavy atom. The molecule has 1 saturated carbocycles. The highest BCUT2D eigenvalue weighted by atomic mass is 16.2. The van der Waals surface area contributed by atoms with Crippen molar-refractivity contribution in [2.75, 3.05) is 13.1 Å². The van der Waals surface area contributed by atoms with E-state index in [1.807, 2.05) is 18.7 Å². The van der Waals surface area contributed by atoms with Gasteiger partial charge in [-0.15, -0.1) is 0 Å². The van der Waals surface area contributed by atoms with Crippen LogP contribution in [0.15, 0.2) is 0 Å². The van der Waals surface area contributed by atoms with E-state index in [-0.39, 0.29) is 24.3 Å². The molecule has 0 spiro atoms. The Bertz CT molecular complexity index is 382. The van der Waals surface area contributed by atoms with E-state index in [1.54, 1.807) is 0 Å². The molecule has 120 valence electrons. The molecule has 5 heteroatoms. The Kier molecular flexibility index (Phi) is 5.62. The summed E-state index contributed by atoms with van der Waals surface area (Å²) in [6.45, 7) is 4.74. The molecule has 2 aliphatic rings. The second-order valence-electron chi connectivity index (χ2n) is 6.83. The molecule has 0 bridgehead atoms. The molecule has 0 aromatic heterocycles. The number of nitrogens with one attached hydrogen (secondary N) is 1. The van der Waals surface area contributed by atoms with Crippen molar-refractivity contribution in [2.45, 2.75) is 64.5 Å². The summed E-state index contributed by atoms with van der Waals surface area (Å²) in [5, 5.41) is 2.70. The minimum Gasteiger partial charge on any atom is -0.346 e. The van der Waals surface area contributed by atoms with E-state index < -0.39 is 6.04 Å². The van der Waals surface area contributed by atoms with Crippen LogP contribution in [0.25, 0.3) is 0 Å². The van der Waals surface area contributed by atoms with Crippen molar-refractivity contribution < 1.29 is 9.59 Å². The number of amides is 2. The van der Waals surface area contributed by atoms with E-state index in [9.17, 15) is 9.59 Å². The van der Waals surface area contributed by atoms with Crippen LogP contribution in [-0.2, 0) is 9.59 Å². The lowest BCUT2D eigenvalue weighted by Gasteiger charge is -2.44. The lowest BCUT2D eigenvalue weighted by Crippen LogP contribution is -2.53. The largest absolute Gasteiger partial charge is 0.346 e. The van der Waals surface area contributed by atoms with Crippen LogP contribution in [-0.4, -0.2) is 41.9 Å². The van der Waals surface area contributed by atoms with Crippen molar-refractivity contribution in [1.82, 2.24) is 10.2 Å². The lowest BCUT2D eigenvalue weighted by atomic mass is 9.78. The summed E-state index contributed by atoms with van der Waals surface area (Å²) in [5.41, 5.74) is 5.79. The molecule has 2 rings (SSSR count). The topological polar surface area (TPSA) is 75.4 Å². The van der Waals surface area contributed by atoms with E-state index >= 15 is 0 Å². The molecule has 2 unspecified atom stereocenters. The maximum atomic E-state index is 12.4. The van der Waals surface area contributed by atoms with Crippen molar-refractivity contribution in [3.05, 3.63) is 0 Å². The highest BCUT2D eigenvalue weighted by Gasteiger charge is 2.35. The monoisotopic (exact) mass is 295 g/mol. The molecule has 0 aromatic rings. The van der Waals surface area contributed by atoms with Gasteiger partial charge in [-0.3, -0.25) is 9.59 Å². The summed E-state index contributed by atoms with van der Waals surface area (Å²) in [6, 6.07) is -0.141. The molecule has 1 aliphatic heterocycles. The summed E-state index contributed by atoms with van der Waals surface area (Å²) in [5.74, 6) is 0.578. The number of nitrogens with zero attached hydrogens (tertiary/aromatic N) is 1. The first-order valence-electron chi connectivity index (χ1n) is 8.33. The smallest absolute Gasteiger partial charge is 0.242 e. The van der Waals surface area contributed by atoms with Gasteiger partial charge >= 0.3 is 0 Å². The number of carbonyl (C=O) groups is 2. The summed E-state index contributed by atoms with van der Waals surface area (Å²) in [7, 11) is 0. The van der Waals surface area contributed by atoms with Crippen molar-refractivity contribution in [2.24, 2.45) is 17.6 Å². The standard InChI is InChI=1S/C16H29N3O2/c1-11(2)15(17)16(21)18-10-14(20)19-9-5-7-12-6-3-4-8-13(12)19/h11-13,15H,3-10,17H2,1-2H3,(H,18,21)/t12?,13?,15-/m0/s1. The number of likely N-dealkylation sites (tertiary alicyclic amines) is 1. The quantitative estimate of drug-likeness (QED) is 0.820. The number of rotatable bonds is 4. The fraction of sp³-hybridized carbons (Fsp3) is 0.875. The first-order valence-corrected chi connectivity index (χ1v) is 8.33. The maximum absolute atomic E-state index is 12.4. The molecule has 0 radical (unpaired) electrons. The summed E-state index contributed by atoms with van der Waals surface area (Å²) < 4.78 is 0. The number of hydrogen-bond acceptors (Lipinski definition) is 3. The third-order valence-electron chi connectivity index (χ3n) is 5.00. The average molecular weight is 295 g/mol. The van der Waals surface area contributed by atoms with E-state index in [1.165, 1.54) is 25.7 Å². The van der Waals surface area contributed by atoms with Gasteiger partial charge in [-0.2, -0.15) is 0 Å². The molecule has 5 nitrogen and oxygen atoms in total. The van der Waals surface area contributed by atoms with Gasteiger partial charge in [-0.05, 0) is 37.5 Å². The first-order chi connectivity index (χ1) is 10.0. The van der Waals surface area contributed by atoms with Gasteiger partial charge in [0.15, 0.2) is 0 Å². The lowest BCUT2D eigenvalue weighted by molar-refractivity contribution is -0.138. The third-order valence-corrected chi connectivity index (χ3v) is 5.00. The molecule has 3 atom stereocenters. The predicted octanol–water partition coefficient (Wildman–Crippen LogP) is 1.27.